The smallest absolute Gasteiger partial charge is 0.119 e. The van der Waals surface area contributed by atoms with Gasteiger partial charge in [-0.15, -0.1) is 0 Å². The molecule has 0 bridgehead atoms. The van der Waals surface area contributed by atoms with Crippen LogP contribution in [0.2, 0.25) is 0 Å². The molecule has 27 heavy (non-hydrogen) atoms. The highest BCUT2D eigenvalue weighted by atomic mass is 16.5. The maximum absolute atomic E-state index is 10.2. The largest absolute Gasteiger partial charge is 0.385 e. The van der Waals surface area contributed by atoms with Crippen molar-refractivity contribution in [3.63, 3.8) is 0 Å². The van der Waals surface area contributed by atoms with E-state index in [2.05, 4.69) is 25.7 Å². The summed E-state index contributed by atoms with van der Waals surface area (Å²) in [6, 6.07) is 0. The standard InChI is InChI=1S/C17H35NO.C4H10O.C2H4O/c1-3-5-6-7-8-9-12-15-18(4-2)16-13-10-11-14-17-19;1-3-4-5-2;1-2-3/h17H,3-16H2,1-2H3;3-4H2,1-2H3;2H,1H3. The van der Waals surface area contributed by atoms with Gasteiger partial charge in [0.1, 0.15) is 12.6 Å². The first kappa shape index (κ1) is 31.0. The van der Waals surface area contributed by atoms with Crippen LogP contribution in [0.15, 0.2) is 0 Å². The van der Waals surface area contributed by atoms with Crippen molar-refractivity contribution in [2.45, 2.75) is 105 Å². The van der Waals surface area contributed by atoms with E-state index in [-0.39, 0.29) is 0 Å². The number of nitrogens with zero attached hydrogens (tertiary/aromatic N) is 1. The lowest BCUT2D eigenvalue weighted by molar-refractivity contribution is -0.108. The Morgan fingerprint density at radius 3 is 1.59 bits per heavy atom. The summed E-state index contributed by atoms with van der Waals surface area (Å²) in [5.41, 5.74) is 0. The monoisotopic (exact) mass is 387 g/mol. The molecule has 0 amide bonds. The number of methoxy groups -OCH3 is 1. The molecule has 0 aliphatic rings. The molecule has 0 aromatic rings. The van der Waals surface area contributed by atoms with Crippen molar-refractivity contribution in [2.75, 3.05) is 33.4 Å². The molecule has 0 saturated carbocycles. The second kappa shape index (κ2) is 32.9. The van der Waals surface area contributed by atoms with Crippen LogP contribution >= 0.6 is 0 Å². The maximum Gasteiger partial charge on any atom is 0.119 e. The number of rotatable bonds is 17. The van der Waals surface area contributed by atoms with Gasteiger partial charge in [0.05, 0.1) is 0 Å². The normalized spacial score (nSPS) is 9.85. The summed E-state index contributed by atoms with van der Waals surface area (Å²) >= 11 is 0. The topological polar surface area (TPSA) is 46.6 Å². The average molecular weight is 388 g/mol. The Balaban J connectivity index is -0.000000604. The quantitative estimate of drug-likeness (QED) is 0.224. The summed E-state index contributed by atoms with van der Waals surface area (Å²) in [7, 11) is 1.71. The van der Waals surface area contributed by atoms with Crippen LogP contribution in [0.25, 0.3) is 0 Å². The van der Waals surface area contributed by atoms with Crippen LogP contribution in [-0.2, 0) is 14.3 Å². The predicted octanol–water partition coefficient (Wildman–Crippen LogP) is 6.07. The van der Waals surface area contributed by atoms with Gasteiger partial charge in [-0.3, -0.25) is 0 Å². The fraction of sp³-hybridized carbons (Fsp3) is 0.913. The van der Waals surface area contributed by atoms with Gasteiger partial charge in [0.2, 0.25) is 0 Å². The number of carbonyl (C=O) groups is 2. The molecule has 0 aliphatic carbocycles. The summed E-state index contributed by atoms with van der Waals surface area (Å²) in [6.45, 7) is 12.6. The molecular weight excluding hydrogens is 338 g/mol. The van der Waals surface area contributed by atoms with Gasteiger partial charge in [-0.05, 0) is 52.2 Å². The minimum absolute atomic E-state index is 0.740. The maximum atomic E-state index is 10.2. The number of hydrogen-bond acceptors (Lipinski definition) is 4. The first-order chi connectivity index (χ1) is 13.2. The fourth-order valence-electron chi connectivity index (χ4n) is 2.66. The minimum Gasteiger partial charge on any atom is -0.385 e. The van der Waals surface area contributed by atoms with E-state index >= 15 is 0 Å². The van der Waals surface area contributed by atoms with Crippen LogP contribution in [0.3, 0.4) is 0 Å². The molecule has 0 unspecified atom stereocenters. The number of aldehydes is 2. The Morgan fingerprint density at radius 2 is 1.22 bits per heavy atom. The van der Waals surface area contributed by atoms with Crippen LogP contribution < -0.4 is 0 Å². The van der Waals surface area contributed by atoms with E-state index in [0.717, 1.165) is 38.4 Å². The Kier molecular flexibility index (Phi) is 37.7. The highest BCUT2D eigenvalue weighted by Crippen LogP contribution is 2.08. The van der Waals surface area contributed by atoms with Crippen molar-refractivity contribution in [3.8, 4) is 0 Å². The molecule has 0 atom stereocenters. The van der Waals surface area contributed by atoms with Gasteiger partial charge in [0, 0.05) is 20.1 Å². The third-order valence-electron chi connectivity index (χ3n) is 4.23. The molecule has 0 heterocycles. The van der Waals surface area contributed by atoms with Gasteiger partial charge >= 0.3 is 0 Å². The number of ether oxygens (including phenoxy) is 1. The van der Waals surface area contributed by atoms with Gasteiger partial charge in [-0.2, -0.15) is 0 Å². The lowest BCUT2D eigenvalue weighted by Gasteiger charge is -2.20. The summed E-state index contributed by atoms with van der Waals surface area (Å²) in [4.78, 5) is 21.6. The zero-order valence-corrected chi connectivity index (χ0v) is 19.1. The van der Waals surface area contributed by atoms with Crippen LogP contribution in [-0.4, -0.2) is 50.8 Å². The second-order valence-corrected chi connectivity index (χ2v) is 6.80. The van der Waals surface area contributed by atoms with Crippen molar-refractivity contribution in [2.24, 2.45) is 0 Å². The van der Waals surface area contributed by atoms with Crippen molar-refractivity contribution in [1.82, 2.24) is 4.90 Å². The van der Waals surface area contributed by atoms with Crippen LogP contribution in [0.4, 0.5) is 0 Å². The van der Waals surface area contributed by atoms with Gasteiger partial charge in [-0.1, -0.05) is 65.7 Å². The van der Waals surface area contributed by atoms with Crippen molar-refractivity contribution in [3.05, 3.63) is 0 Å². The van der Waals surface area contributed by atoms with E-state index in [1.807, 2.05) is 0 Å². The van der Waals surface area contributed by atoms with Gasteiger partial charge < -0.3 is 19.2 Å². The highest BCUT2D eigenvalue weighted by molar-refractivity contribution is 5.48. The van der Waals surface area contributed by atoms with E-state index in [9.17, 15) is 4.79 Å². The number of carbonyl (C=O) groups excluding carboxylic acids is 2. The van der Waals surface area contributed by atoms with E-state index in [1.165, 1.54) is 84.3 Å². The Morgan fingerprint density at radius 1 is 0.741 bits per heavy atom. The molecule has 0 N–H and O–H groups in total. The molecule has 0 saturated heterocycles. The van der Waals surface area contributed by atoms with Gasteiger partial charge in [0.15, 0.2) is 0 Å². The van der Waals surface area contributed by atoms with Gasteiger partial charge in [-0.25, -0.2) is 0 Å². The number of unbranched alkanes of at least 4 members (excludes halogenated alkanes) is 9. The molecule has 4 heteroatoms. The lowest BCUT2D eigenvalue weighted by Crippen LogP contribution is -2.25. The second-order valence-electron chi connectivity index (χ2n) is 6.80. The van der Waals surface area contributed by atoms with Crippen LogP contribution in [0.1, 0.15) is 105 Å². The minimum atomic E-state index is 0.740. The zero-order valence-electron chi connectivity index (χ0n) is 19.1. The zero-order chi connectivity index (χ0) is 21.0. The summed E-state index contributed by atoms with van der Waals surface area (Å²) in [6.07, 6.45) is 16.9. The summed E-state index contributed by atoms with van der Waals surface area (Å²) in [5.74, 6) is 0. The van der Waals surface area contributed by atoms with Crippen molar-refractivity contribution in [1.29, 1.82) is 0 Å². The lowest BCUT2D eigenvalue weighted by atomic mass is 10.1. The Bertz CT molecular complexity index is 258. The van der Waals surface area contributed by atoms with Gasteiger partial charge in [0.25, 0.3) is 0 Å². The third-order valence-corrected chi connectivity index (χ3v) is 4.23. The molecule has 0 radical (unpaired) electrons. The first-order valence-corrected chi connectivity index (χ1v) is 11.2. The molecular formula is C23H49NO3. The van der Waals surface area contributed by atoms with E-state index in [0.29, 0.717) is 0 Å². The predicted molar refractivity (Wildman–Crippen MR) is 119 cm³/mol. The molecule has 0 rings (SSSR count). The third kappa shape index (κ3) is 36.8. The molecule has 4 nitrogen and oxygen atoms in total. The van der Waals surface area contributed by atoms with Crippen molar-refractivity contribution < 1.29 is 14.3 Å². The fourth-order valence-corrected chi connectivity index (χ4v) is 2.66. The summed E-state index contributed by atoms with van der Waals surface area (Å²) in [5, 5.41) is 0. The van der Waals surface area contributed by atoms with E-state index < -0.39 is 0 Å². The molecule has 0 aromatic carbocycles. The van der Waals surface area contributed by atoms with E-state index in [1.54, 1.807) is 7.11 Å². The van der Waals surface area contributed by atoms with Crippen LogP contribution in [0.5, 0.6) is 0 Å². The molecule has 0 aliphatic heterocycles. The molecule has 0 spiro atoms. The van der Waals surface area contributed by atoms with E-state index in [4.69, 9.17) is 9.53 Å². The molecule has 0 fully saturated rings. The van der Waals surface area contributed by atoms with Crippen molar-refractivity contribution >= 4 is 12.6 Å². The Hall–Kier alpha value is -0.740. The molecule has 164 valence electrons. The summed E-state index contributed by atoms with van der Waals surface area (Å²) < 4.78 is 4.69. The highest BCUT2D eigenvalue weighted by Gasteiger charge is 2.01. The number of hydrogen-bond donors (Lipinski definition) is 0. The average Bonchev–Trinajstić information content (AvgIpc) is 2.67. The first-order valence-electron chi connectivity index (χ1n) is 11.2. The van der Waals surface area contributed by atoms with Crippen LogP contribution in [0, 0.1) is 0 Å². The molecule has 0 aromatic heterocycles. The SMILES string of the molecule is CC=O.CCCCCCCCCN(CC)CCCCCC=O.CCCOC. The Labute approximate surface area is 170 Å².